The second-order valence-electron chi connectivity index (χ2n) is 4.19. The zero-order valence-corrected chi connectivity index (χ0v) is 12.6. The topological polar surface area (TPSA) is 32.3 Å². The predicted molar refractivity (Wildman–Crippen MR) is 78.4 cm³/mol. The Morgan fingerprint density at radius 3 is 2.35 bits per heavy atom. The van der Waals surface area contributed by atoms with Crippen molar-refractivity contribution >= 4 is 17.7 Å². The van der Waals surface area contributed by atoms with Crippen LogP contribution in [0.2, 0.25) is 0 Å². The molecule has 1 amide bonds. The molecule has 20 heavy (non-hydrogen) atoms. The largest absolute Gasteiger partial charge is 0.351 e. The summed E-state index contributed by atoms with van der Waals surface area (Å²) in [7, 11) is 0. The lowest BCUT2D eigenvalue weighted by molar-refractivity contribution is 0.0949. The van der Waals surface area contributed by atoms with Gasteiger partial charge < -0.3 is 10.2 Å². The van der Waals surface area contributed by atoms with Crippen molar-refractivity contribution in [2.24, 2.45) is 0 Å². The number of carbonyl (C=O) groups is 1. The molecule has 1 aromatic rings. The van der Waals surface area contributed by atoms with Crippen LogP contribution in [-0.4, -0.2) is 42.7 Å². The highest BCUT2D eigenvalue weighted by Crippen LogP contribution is 2.24. The molecule has 0 unspecified atom stereocenters. The van der Waals surface area contributed by atoms with Crippen LogP contribution >= 0.6 is 11.8 Å². The first-order valence-corrected chi connectivity index (χ1v) is 7.50. The molecule has 0 radical (unpaired) electrons. The van der Waals surface area contributed by atoms with Crippen LogP contribution in [0.15, 0.2) is 29.2 Å². The number of hydrogen-bond donors (Lipinski definition) is 1. The molecule has 112 valence electrons. The van der Waals surface area contributed by atoms with Gasteiger partial charge in [-0.3, -0.25) is 4.79 Å². The van der Waals surface area contributed by atoms with Crippen LogP contribution in [0.5, 0.6) is 0 Å². The zero-order valence-electron chi connectivity index (χ0n) is 11.7. The minimum atomic E-state index is -2.44. The number of amides is 1. The van der Waals surface area contributed by atoms with E-state index in [1.54, 1.807) is 12.1 Å². The lowest BCUT2D eigenvalue weighted by atomic mass is 10.2. The van der Waals surface area contributed by atoms with E-state index in [2.05, 4.69) is 24.1 Å². The third kappa shape index (κ3) is 5.88. The van der Waals surface area contributed by atoms with E-state index in [-0.39, 0.29) is 5.91 Å². The molecule has 1 N–H and O–H groups in total. The lowest BCUT2D eigenvalue weighted by Gasteiger charge is -2.17. The van der Waals surface area contributed by atoms with E-state index in [0.29, 0.717) is 28.8 Å². The molecule has 0 fully saturated rings. The highest BCUT2D eigenvalue weighted by atomic mass is 32.2. The summed E-state index contributed by atoms with van der Waals surface area (Å²) in [4.78, 5) is 14.5. The molecule has 0 atom stereocenters. The Kier molecular flexibility index (Phi) is 7.54. The van der Waals surface area contributed by atoms with Crippen molar-refractivity contribution in [1.29, 1.82) is 0 Å². The van der Waals surface area contributed by atoms with Gasteiger partial charge in [-0.05, 0) is 37.4 Å². The summed E-state index contributed by atoms with van der Waals surface area (Å²) in [5, 5.41) is 2.82. The quantitative estimate of drug-likeness (QED) is 0.749. The first-order chi connectivity index (χ1) is 9.56. The van der Waals surface area contributed by atoms with Crippen LogP contribution in [0.3, 0.4) is 0 Å². The molecule has 0 bridgehead atoms. The molecule has 0 saturated carbocycles. The summed E-state index contributed by atoms with van der Waals surface area (Å²) >= 11 is 0.475. The molecular weight excluding hydrogens is 282 g/mol. The smallest absolute Gasteiger partial charge is 0.288 e. The van der Waals surface area contributed by atoms with Crippen molar-refractivity contribution in [2.75, 3.05) is 26.2 Å². The molecule has 1 aromatic carbocycles. The van der Waals surface area contributed by atoms with Crippen molar-refractivity contribution < 1.29 is 13.6 Å². The number of thioether (sulfide) groups is 1. The van der Waals surface area contributed by atoms with Gasteiger partial charge in [0.05, 0.1) is 0 Å². The van der Waals surface area contributed by atoms with Gasteiger partial charge in [-0.25, -0.2) is 0 Å². The molecule has 6 heteroatoms. The van der Waals surface area contributed by atoms with Crippen molar-refractivity contribution in [3.8, 4) is 0 Å². The van der Waals surface area contributed by atoms with Crippen molar-refractivity contribution in [1.82, 2.24) is 10.2 Å². The fraction of sp³-hybridized carbons (Fsp3) is 0.500. The van der Waals surface area contributed by atoms with Crippen molar-refractivity contribution in [3.05, 3.63) is 29.8 Å². The Bertz CT molecular complexity index is 408. The van der Waals surface area contributed by atoms with E-state index in [9.17, 15) is 13.6 Å². The van der Waals surface area contributed by atoms with E-state index in [1.165, 1.54) is 12.1 Å². The normalized spacial score (nSPS) is 11.1. The van der Waals surface area contributed by atoms with Gasteiger partial charge >= 0.3 is 0 Å². The molecule has 0 aliphatic carbocycles. The van der Waals surface area contributed by atoms with E-state index < -0.39 is 5.76 Å². The number of hydrogen-bond acceptors (Lipinski definition) is 3. The minimum Gasteiger partial charge on any atom is -0.351 e. The van der Waals surface area contributed by atoms with Crippen LogP contribution in [0.4, 0.5) is 8.78 Å². The van der Waals surface area contributed by atoms with E-state index in [4.69, 9.17) is 0 Å². The summed E-state index contributed by atoms with van der Waals surface area (Å²) in [5.41, 5.74) is 0.489. The maximum Gasteiger partial charge on any atom is 0.288 e. The monoisotopic (exact) mass is 302 g/mol. The second-order valence-corrected chi connectivity index (χ2v) is 5.25. The van der Waals surface area contributed by atoms with Crippen LogP contribution in [0.1, 0.15) is 24.2 Å². The van der Waals surface area contributed by atoms with Gasteiger partial charge in [0, 0.05) is 23.5 Å². The van der Waals surface area contributed by atoms with Gasteiger partial charge in [-0.2, -0.15) is 8.78 Å². The number of nitrogens with one attached hydrogen (secondary N) is 1. The number of alkyl halides is 2. The van der Waals surface area contributed by atoms with Crippen LogP contribution in [-0.2, 0) is 0 Å². The van der Waals surface area contributed by atoms with Crippen molar-refractivity contribution in [2.45, 2.75) is 24.5 Å². The van der Waals surface area contributed by atoms with Gasteiger partial charge in [-0.15, -0.1) is 0 Å². The summed E-state index contributed by atoms with van der Waals surface area (Å²) in [6.45, 7) is 7.43. The summed E-state index contributed by atoms with van der Waals surface area (Å²) in [6.07, 6.45) is 0. The Hall–Kier alpha value is -1.14. The molecule has 3 nitrogen and oxygen atoms in total. The Morgan fingerprint density at radius 1 is 1.25 bits per heavy atom. The molecule has 0 heterocycles. The fourth-order valence-corrected chi connectivity index (χ4v) is 2.26. The highest BCUT2D eigenvalue weighted by molar-refractivity contribution is 7.99. The van der Waals surface area contributed by atoms with Gasteiger partial charge in [0.25, 0.3) is 11.7 Å². The maximum atomic E-state index is 12.2. The summed E-state index contributed by atoms with van der Waals surface area (Å²) in [6, 6.07) is 6.21. The molecule has 0 aromatic heterocycles. The second kappa shape index (κ2) is 8.92. The number of carbonyl (C=O) groups excluding carboxylic acids is 1. The molecular formula is C14H20F2N2OS. The highest BCUT2D eigenvalue weighted by Gasteiger charge is 2.08. The predicted octanol–water partition coefficient (Wildman–Crippen LogP) is 3.07. The Balaban J connectivity index is 2.43. The van der Waals surface area contributed by atoms with Crippen LogP contribution < -0.4 is 5.32 Å². The fourth-order valence-electron chi connectivity index (χ4n) is 1.76. The number of nitrogens with zero attached hydrogens (tertiary/aromatic N) is 1. The minimum absolute atomic E-state index is 0.175. The molecule has 0 aliphatic heterocycles. The van der Waals surface area contributed by atoms with Gasteiger partial charge in [0.2, 0.25) is 0 Å². The molecule has 0 aliphatic rings. The van der Waals surface area contributed by atoms with Crippen molar-refractivity contribution in [3.63, 3.8) is 0 Å². The van der Waals surface area contributed by atoms with Gasteiger partial charge in [0.15, 0.2) is 0 Å². The van der Waals surface area contributed by atoms with Gasteiger partial charge in [0.1, 0.15) is 0 Å². The molecule has 0 spiro atoms. The molecule has 1 rings (SSSR count). The van der Waals surface area contributed by atoms with Crippen LogP contribution in [0, 0.1) is 0 Å². The zero-order chi connectivity index (χ0) is 15.0. The average molecular weight is 302 g/mol. The SMILES string of the molecule is CCN(CC)CCNC(=O)c1ccc(SC(F)F)cc1. The number of halogens is 2. The summed E-state index contributed by atoms with van der Waals surface area (Å²) < 4.78 is 24.3. The van der Waals surface area contributed by atoms with E-state index in [1.807, 2.05) is 0 Å². The summed E-state index contributed by atoms with van der Waals surface area (Å²) in [5.74, 6) is -2.62. The molecule has 0 saturated heterocycles. The lowest BCUT2D eigenvalue weighted by Crippen LogP contribution is -2.34. The van der Waals surface area contributed by atoms with E-state index >= 15 is 0 Å². The first kappa shape index (κ1) is 16.9. The van der Waals surface area contributed by atoms with Gasteiger partial charge in [-0.1, -0.05) is 25.6 Å². The average Bonchev–Trinajstić information content (AvgIpc) is 2.43. The number of benzene rings is 1. The maximum absolute atomic E-state index is 12.2. The number of likely N-dealkylation sites (N-methyl/N-ethyl adjacent to an activating group) is 1. The van der Waals surface area contributed by atoms with E-state index in [0.717, 1.165) is 19.6 Å². The standard InChI is InChI=1S/C14H20F2N2OS/c1-3-18(4-2)10-9-17-13(19)11-5-7-12(8-6-11)20-14(15)16/h5-8,14H,3-4,9-10H2,1-2H3,(H,17,19). The third-order valence-corrected chi connectivity index (χ3v) is 3.67. The number of rotatable bonds is 8. The first-order valence-electron chi connectivity index (χ1n) is 6.62. The Labute approximate surface area is 122 Å². The van der Waals surface area contributed by atoms with Crippen LogP contribution in [0.25, 0.3) is 0 Å². The Morgan fingerprint density at radius 2 is 1.85 bits per heavy atom. The third-order valence-electron chi connectivity index (χ3n) is 2.95.